The number of rotatable bonds is 13. The Kier molecular flexibility index (Phi) is 9.72. The van der Waals surface area contributed by atoms with Gasteiger partial charge in [0.05, 0.1) is 23.3 Å². The predicted molar refractivity (Wildman–Crippen MR) is 119 cm³/mol. The number of nitrogens with zero attached hydrogens (tertiary/aromatic N) is 2. The Balaban J connectivity index is 1.75. The lowest BCUT2D eigenvalue weighted by atomic mass is 10.0. The summed E-state index contributed by atoms with van der Waals surface area (Å²) in [7, 11) is 3.99. The number of hydrogen-bond donors (Lipinski definition) is 3. The van der Waals surface area contributed by atoms with Crippen molar-refractivity contribution in [3.05, 3.63) is 81.2 Å². The molecule has 0 saturated heterocycles. The minimum Gasteiger partial charge on any atom is -0.464 e. The maximum atomic E-state index is 10.9. The van der Waals surface area contributed by atoms with Crippen LogP contribution >= 0.6 is 11.8 Å². The molecule has 0 radical (unpaired) electrons. The van der Waals surface area contributed by atoms with E-state index in [2.05, 4.69) is 10.6 Å². The van der Waals surface area contributed by atoms with Crippen molar-refractivity contribution >= 4 is 11.8 Å². The molecule has 1 heterocycles. The summed E-state index contributed by atoms with van der Waals surface area (Å²) in [6, 6.07) is 11.5. The standard InChI is InChI=1S/C21H30N4O4S/c1-16-6-4-5-7-19(16)20(26)12-23-21(14-25(27)28)22-10-11-30-15-18-9-8-17(29-18)13-24(2)3/h4-9,14,20,22-23,26H,10-13,15H2,1-3H3/b21-14-. The van der Waals surface area contributed by atoms with E-state index >= 15 is 0 Å². The van der Waals surface area contributed by atoms with E-state index in [1.54, 1.807) is 11.8 Å². The van der Waals surface area contributed by atoms with Gasteiger partial charge in [0.2, 0.25) is 0 Å². The summed E-state index contributed by atoms with van der Waals surface area (Å²) in [6.07, 6.45) is 0.128. The van der Waals surface area contributed by atoms with Crippen LogP contribution in [0, 0.1) is 17.0 Å². The van der Waals surface area contributed by atoms with Crippen molar-refractivity contribution in [1.29, 1.82) is 0 Å². The van der Waals surface area contributed by atoms with Gasteiger partial charge in [-0.25, -0.2) is 0 Å². The molecule has 1 unspecified atom stereocenters. The van der Waals surface area contributed by atoms with Gasteiger partial charge in [0, 0.05) is 18.8 Å². The fourth-order valence-corrected chi connectivity index (χ4v) is 3.61. The fourth-order valence-electron chi connectivity index (χ4n) is 2.86. The molecule has 2 rings (SSSR count). The maximum absolute atomic E-state index is 10.9. The molecule has 30 heavy (non-hydrogen) atoms. The van der Waals surface area contributed by atoms with Gasteiger partial charge in [-0.05, 0) is 44.3 Å². The van der Waals surface area contributed by atoms with E-state index in [0.29, 0.717) is 6.54 Å². The largest absolute Gasteiger partial charge is 0.464 e. The third-order valence-corrected chi connectivity index (χ3v) is 5.24. The van der Waals surface area contributed by atoms with Crippen LogP contribution in [0.1, 0.15) is 28.8 Å². The molecule has 0 aliphatic carbocycles. The first kappa shape index (κ1) is 23.8. The summed E-state index contributed by atoms with van der Waals surface area (Å²) in [5, 5.41) is 27.2. The molecule has 0 fully saturated rings. The summed E-state index contributed by atoms with van der Waals surface area (Å²) in [4.78, 5) is 12.4. The molecule has 8 nitrogen and oxygen atoms in total. The van der Waals surface area contributed by atoms with Crippen molar-refractivity contribution in [2.75, 3.05) is 32.9 Å². The Hall–Kier alpha value is -2.49. The second-order valence-electron chi connectivity index (χ2n) is 7.17. The van der Waals surface area contributed by atoms with Crippen LogP contribution < -0.4 is 10.6 Å². The zero-order valence-corrected chi connectivity index (χ0v) is 18.4. The van der Waals surface area contributed by atoms with Gasteiger partial charge in [0.25, 0.3) is 6.20 Å². The maximum Gasteiger partial charge on any atom is 0.274 e. The normalized spacial score (nSPS) is 12.8. The van der Waals surface area contributed by atoms with Crippen LogP contribution in [0.25, 0.3) is 0 Å². The van der Waals surface area contributed by atoms with Crippen LogP contribution in [0.2, 0.25) is 0 Å². The van der Waals surface area contributed by atoms with Crippen LogP contribution in [0.3, 0.4) is 0 Å². The number of aryl methyl sites for hydroxylation is 1. The quantitative estimate of drug-likeness (QED) is 0.251. The van der Waals surface area contributed by atoms with Gasteiger partial charge < -0.3 is 25.1 Å². The molecule has 9 heteroatoms. The molecule has 0 aliphatic heterocycles. The smallest absolute Gasteiger partial charge is 0.274 e. The van der Waals surface area contributed by atoms with Crippen molar-refractivity contribution in [2.24, 2.45) is 0 Å². The highest BCUT2D eigenvalue weighted by Crippen LogP contribution is 2.17. The second-order valence-corrected chi connectivity index (χ2v) is 8.27. The van der Waals surface area contributed by atoms with Gasteiger partial charge in [-0.3, -0.25) is 10.1 Å². The Labute approximate surface area is 181 Å². The summed E-state index contributed by atoms with van der Waals surface area (Å²) in [5.41, 5.74) is 1.77. The average molecular weight is 435 g/mol. The van der Waals surface area contributed by atoms with Gasteiger partial charge in [0.1, 0.15) is 11.5 Å². The fraction of sp³-hybridized carbons (Fsp3) is 0.429. The highest BCUT2D eigenvalue weighted by Gasteiger charge is 2.11. The zero-order valence-electron chi connectivity index (χ0n) is 17.6. The summed E-state index contributed by atoms with van der Waals surface area (Å²) >= 11 is 1.68. The van der Waals surface area contributed by atoms with Gasteiger partial charge in [-0.1, -0.05) is 24.3 Å². The predicted octanol–water partition coefficient (Wildman–Crippen LogP) is 2.87. The van der Waals surface area contributed by atoms with Crippen LogP contribution in [0.5, 0.6) is 0 Å². The van der Waals surface area contributed by atoms with Gasteiger partial charge in [0.15, 0.2) is 5.82 Å². The van der Waals surface area contributed by atoms with Crippen LogP contribution in [0.15, 0.2) is 52.8 Å². The monoisotopic (exact) mass is 434 g/mol. The molecule has 1 aromatic heterocycles. The van der Waals surface area contributed by atoms with E-state index in [9.17, 15) is 15.2 Å². The zero-order chi connectivity index (χ0) is 21.9. The van der Waals surface area contributed by atoms with E-state index in [0.717, 1.165) is 46.9 Å². The highest BCUT2D eigenvalue weighted by molar-refractivity contribution is 7.98. The van der Waals surface area contributed by atoms with E-state index in [-0.39, 0.29) is 12.4 Å². The first-order valence-corrected chi connectivity index (χ1v) is 10.9. The van der Waals surface area contributed by atoms with E-state index in [1.165, 1.54) is 0 Å². The summed E-state index contributed by atoms with van der Waals surface area (Å²) < 4.78 is 5.77. The van der Waals surface area contributed by atoms with Crippen LogP contribution in [0.4, 0.5) is 0 Å². The third-order valence-electron chi connectivity index (χ3n) is 4.26. The van der Waals surface area contributed by atoms with Crippen molar-refractivity contribution in [1.82, 2.24) is 15.5 Å². The lowest BCUT2D eigenvalue weighted by Gasteiger charge is -2.17. The first-order valence-electron chi connectivity index (χ1n) is 9.72. The van der Waals surface area contributed by atoms with Gasteiger partial charge in [-0.2, -0.15) is 11.8 Å². The summed E-state index contributed by atoms with van der Waals surface area (Å²) in [5.74, 6) is 3.61. The van der Waals surface area contributed by atoms with Crippen LogP contribution in [-0.2, 0) is 12.3 Å². The second kappa shape index (κ2) is 12.3. The SMILES string of the molecule is Cc1ccccc1C(O)CN/C(=C\[N+](=O)[O-])NCCSCc1ccc(CN(C)C)o1. The molecular formula is C21H30N4O4S. The molecule has 0 bridgehead atoms. The number of aliphatic hydroxyl groups excluding tert-OH is 1. The average Bonchev–Trinajstić information content (AvgIpc) is 3.11. The van der Waals surface area contributed by atoms with Crippen molar-refractivity contribution < 1.29 is 14.4 Å². The minimum absolute atomic E-state index is 0.172. The Morgan fingerprint density at radius 2 is 2.00 bits per heavy atom. The highest BCUT2D eigenvalue weighted by atomic mass is 32.2. The molecule has 0 amide bonds. The number of thioether (sulfide) groups is 1. The Bertz CT molecular complexity index is 838. The van der Waals surface area contributed by atoms with E-state index in [1.807, 2.05) is 62.3 Å². The van der Waals surface area contributed by atoms with Crippen molar-refractivity contribution in [3.8, 4) is 0 Å². The van der Waals surface area contributed by atoms with E-state index in [4.69, 9.17) is 4.42 Å². The molecule has 2 aromatic rings. The molecule has 1 aromatic carbocycles. The lowest BCUT2D eigenvalue weighted by Crippen LogP contribution is -2.32. The van der Waals surface area contributed by atoms with Crippen molar-refractivity contribution in [3.63, 3.8) is 0 Å². The number of nitrogens with one attached hydrogen (secondary N) is 2. The number of nitro groups is 1. The first-order chi connectivity index (χ1) is 14.3. The number of hydrogen-bond acceptors (Lipinski definition) is 8. The third kappa shape index (κ3) is 8.48. The molecular weight excluding hydrogens is 404 g/mol. The Morgan fingerprint density at radius 1 is 1.27 bits per heavy atom. The molecule has 164 valence electrons. The molecule has 1 atom stereocenters. The topological polar surface area (TPSA) is 104 Å². The van der Waals surface area contributed by atoms with E-state index < -0.39 is 11.0 Å². The summed E-state index contributed by atoms with van der Waals surface area (Å²) in [6.45, 7) is 3.40. The van der Waals surface area contributed by atoms with Gasteiger partial charge >= 0.3 is 0 Å². The number of furan rings is 1. The molecule has 3 N–H and O–H groups in total. The van der Waals surface area contributed by atoms with Gasteiger partial charge in [-0.15, -0.1) is 0 Å². The number of benzene rings is 1. The van der Waals surface area contributed by atoms with Crippen LogP contribution in [-0.4, -0.2) is 47.9 Å². The molecule has 0 aliphatic rings. The Morgan fingerprint density at radius 3 is 2.70 bits per heavy atom. The van der Waals surface area contributed by atoms with Crippen molar-refractivity contribution in [2.45, 2.75) is 25.3 Å². The minimum atomic E-state index is -0.757. The number of aliphatic hydroxyl groups is 1. The lowest BCUT2D eigenvalue weighted by molar-refractivity contribution is -0.404. The molecule has 0 spiro atoms. The molecule has 0 saturated carbocycles.